The predicted molar refractivity (Wildman–Crippen MR) is 82.4 cm³/mol. The van der Waals surface area contributed by atoms with Crippen molar-refractivity contribution in [1.29, 1.82) is 0 Å². The molecule has 5 heteroatoms. The van der Waals surface area contributed by atoms with Gasteiger partial charge in [0.05, 0.1) is 0 Å². The summed E-state index contributed by atoms with van der Waals surface area (Å²) < 4.78 is 0. The largest absolute Gasteiger partial charge is 0.480 e. The number of nitrogens with one attached hydrogen (secondary N) is 2. The number of rotatable bonds is 4. The first-order valence-electron chi connectivity index (χ1n) is 7.29. The number of unbranched alkanes of at least 4 members (excludes halogenated alkanes) is 1. The molecule has 0 saturated carbocycles. The number of carboxylic acids is 1. The summed E-state index contributed by atoms with van der Waals surface area (Å²) in [6.07, 6.45) is 3.74. The first-order chi connectivity index (χ1) is 9.70. The third-order valence-corrected chi connectivity index (χ3v) is 4.15. The van der Waals surface area contributed by atoms with E-state index in [1.165, 1.54) is 11.3 Å². The molecule has 2 atom stereocenters. The van der Waals surface area contributed by atoms with E-state index in [1.54, 1.807) is 0 Å². The van der Waals surface area contributed by atoms with Gasteiger partial charge in [0.2, 0.25) is 0 Å². The Labute approximate surface area is 123 Å². The smallest absolute Gasteiger partial charge is 0.321 e. The summed E-state index contributed by atoms with van der Waals surface area (Å²) in [5.74, 6) is -0.762. The quantitative estimate of drug-likeness (QED) is 0.805. The molecule has 2 unspecified atom stereocenters. The maximum atomic E-state index is 11.4. The van der Waals surface area contributed by atoms with Gasteiger partial charge in [0.1, 0.15) is 6.04 Å². The highest BCUT2D eigenvalue weighted by atomic mass is 16.4. The van der Waals surface area contributed by atoms with Crippen LogP contribution in [0.3, 0.4) is 0 Å². The fourth-order valence-corrected chi connectivity index (χ4v) is 3.12. The molecule has 0 saturated heterocycles. The summed E-state index contributed by atoms with van der Waals surface area (Å²) in [4.78, 5) is 14.8. The number of hydrogen-bond donors (Lipinski definition) is 3. The van der Waals surface area contributed by atoms with E-state index in [0.717, 1.165) is 30.2 Å². The second-order valence-corrected chi connectivity index (χ2v) is 5.52. The van der Waals surface area contributed by atoms with Gasteiger partial charge in [0.25, 0.3) is 0 Å². The molecule has 1 aliphatic rings. The standard InChI is InChI=1S/C16H20N2O2.H2O/c1-2-3-7-13-15-11(9-14(17-13)16(19)20)10-6-4-5-8-12(10)18-15;/h4-6,8,13-14,17-18H,2-3,7,9H2,1H3,(H,19,20);1H2. The lowest BCUT2D eigenvalue weighted by atomic mass is 9.91. The maximum absolute atomic E-state index is 11.4. The summed E-state index contributed by atoms with van der Waals surface area (Å²) in [5, 5.41) is 13.8. The monoisotopic (exact) mass is 290 g/mol. The molecule has 3 rings (SSSR count). The molecule has 0 spiro atoms. The van der Waals surface area contributed by atoms with Crippen LogP contribution >= 0.6 is 0 Å². The van der Waals surface area contributed by atoms with Crippen molar-refractivity contribution in [3.8, 4) is 0 Å². The van der Waals surface area contributed by atoms with Crippen molar-refractivity contribution < 1.29 is 15.4 Å². The molecule has 0 bridgehead atoms. The summed E-state index contributed by atoms with van der Waals surface area (Å²) >= 11 is 0. The number of para-hydroxylation sites is 1. The van der Waals surface area contributed by atoms with Crippen molar-refractivity contribution in [1.82, 2.24) is 10.3 Å². The SMILES string of the molecule is CCCCC1NC(C(=O)O)Cc2c1[nH]c1ccccc21.O. The minimum atomic E-state index is -0.762. The molecular formula is C16H22N2O3. The fraction of sp³-hybridized carbons (Fsp3) is 0.438. The van der Waals surface area contributed by atoms with E-state index in [9.17, 15) is 9.90 Å². The third kappa shape index (κ3) is 2.80. The Hall–Kier alpha value is -1.85. The molecule has 0 fully saturated rings. The molecule has 5 nitrogen and oxygen atoms in total. The highest BCUT2D eigenvalue weighted by Gasteiger charge is 2.32. The van der Waals surface area contributed by atoms with E-state index in [2.05, 4.69) is 29.4 Å². The highest BCUT2D eigenvalue weighted by Crippen LogP contribution is 2.33. The minimum Gasteiger partial charge on any atom is -0.480 e. The van der Waals surface area contributed by atoms with Gasteiger partial charge < -0.3 is 15.6 Å². The lowest BCUT2D eigenvalue weighted by Crippen LogP contribution is -2.44. The van der Waals surface area contributed by atoms with Gasteiger partial charge in [-0.25, -0.2) is 0 Å². The Morgan fingerprint density at radius 1 is 1.38 bits per heavy atom. The van der Waals surface area contributed by atoms with E-state index >= 15 is 0 Å². The zero-order chi connectivity index (χ0) is 14.1. The van der Waals surface area contributed by atoms with Crippen molar-refractivity contribution in [3.05, 3.63) is 35.5 Å². The lowest BCUT2D eigenvalue weighted by molar-refractivity contribution is -0.139. The van der Waals surface area contributed by atoms with Crippen LogP contribution in [0, 0.1) is 0 Å². The van der Waals surface area contributed by atoms with Gasteiger partial charge in [0, 0.05) is 29.1 Å². The maximum Gasteiger partial charge on any atom is 0.321 e. The van der Waals surface area contributed by atoms with Crippen LogP contribution in [0.1, 0.15) is 43.5 Å². The summed E-state index contributed by atoms with van der Waals surface area (Å²) in [6, 6.07) is 7.78. The highest BCUT2D eigenvalue weighted by molar-refractivity contribution is 5.86. The van der Waals surface area contributed by atoms with E-state index < -0.39 is 12.0 Å². The number of aliphatic carboxylic acids is 1. The van der Waals surface area contributed by atoms with Crippen molar-refractivity contribution in [2.75, 3.05) is 0 Å². The molecule has 1 aromatic carbocycles. The molecule has 2 heterocycles. The van der Waals surface area contributed by atoms with Gasteiger partial charge in [-0.15, -0.1) is 0 Å². The Kier molecular flexibility index (Phi) is 4.65. The third-order valence-electron chi connectivity index (χ3n) is 4.15. The Bertz CT molecular complexity index is 635. The van der Waals surface area contributed by atoms with Crippen LogP contribution in [0.15, 0.2) is 24.3 Å². The van der Waals surface area contributed by atoms with Gasteiger partial charge in [-0.1, -0.05) is 38.0 Å². The molecule has 5 N–H and O–H groups in total. The van der Waals surface area contributed by atoms with E-state index in [-0.39, 0.29) is 11.5 Å². The molecule has 2 aromatic rings. The number of aromatic amines is 1. The van der Waals surface area contributed by atoms with Crippen LogP contribution in [0.5, 0.6) is 0 Å². The lowest BCUT2D eigenvalue weighted by Gasteiger charge is -2.29. The molecule has 0 amide bonds. The number of carbonyl (C=O) groups is 1. The number of aromatic nitrogens is 1. The fourth-order valence-electron chi connectivity index (χ4n) is 3.12. The predicted octanol–water partition coefficient (Wildman–Crippen LogP) is 2.17. The molecule has 114 valence electrons. The molecule has 0 radical (unpaired) electrons. The van der Waals surface area contributed by atoms with E-state index in [1.807, 2.05) is 12.1 Å². The van der Waals surface area contributed by atoms with Crippen molar-refractivity contribution >= 4 is 16.9 Å². The van der Waals surface area contributed by atoms with Gasteiger partial charge in [0.15, 0.2) is 0 Å². The first-order valence-corrected chi connectivity index (χ1v) is 7.29. The van der Waals surface area contributed by atoms with Crippen LogP contribution in [0.2, 0.25) is 0 Å². The molecule has 21 heavy (non-hydrogen) atoms. The van der Waals surface area contributed by atoms with Gasteiger partial charge >= 0.3 is 5.97 Å². The topological polar surface area (TPSA) is 96.6 Å². The van der Waals surface area contributed by atoms with Crippen molar-refractivity contribution in [2.45, 2.75) is 44.7 Å². The summed E-state index contributed by atoms with van der Waals surface area (Å²) in [7, 11) is 0. The van der Waals surface area contributed by atoms with Gasteiger partial charge in [-0.05, 0) is 18.1 Å². The normalized spacial score (nSPS) is 20.8. The van der Waals surface area contributed by atoms with E-state index in [4.69, 9.17) is 0 Å². The minimum absolute atomic E-state index is 0. The molecule has 1 aromatic heterocycles. The summed E-state index contributed by atoms with van der Waals surface area (Å²) in [6.45, 7) is 2.16. The zero-order valence-electron chi connectivity index (χ0n) is 12.1. The van der Waals surface area contributed by atoms with Crippen LogP contribution in [0.4, 0.5) is 0 Å². The van der Waals surface area contributed by atoms with Crippen molar-refractivity contribution in [3.63, 3.8) is 0 Å². The average Bonchev–Trinajstić information content (AvgIpc) is 2.83. The number of carboxylic acid groups (broad SMARTS) is 1. The Balaban J connectivity index is 0.00000161. The van der Waals surface area contributed by atoms with E-state index in [0.29, 0.717) is 6.42 Å². The number of H-pyrrole nitrogens is 1. The Morgan fingerprint density at radius 3 is 2.86 bits per heavy atom. The first kappa shape index (κ1) is 15.5. The average molecular weight is 290 g/mol. The van der Waals surface area contributed by atoms with Crippen LogP contribution in [0.25, 0.3) is 10.9 Å². The van der Waals surface area contributed by atoms with Gasteiger partial charge in [-0.3, -0.25) is 10.1 Å². The van der Waals surface area contributed by atoms with Crippen LogP contribution < -0.4 is 5.32 Å². The van der Waals surface area contributed by atoms with Crippen LogP contribution in [-0.2, 0) is 11.2 Å². The molecular weight excluding hydrogens is 268 g/mol. The molecule has 0 aliphatic carbocycles. The molecule has 1 aliphatic heterocycles. The Morgan fingerprint density at radius 2 is 2.14 bits per heavy atom. The number of fused-ring (bicyclic) bond motifs is 3. The van der Waals surface area contributed by atoms with Crippen LogP contribution in [-0.4, -0.2) is 27.6 Å². The zero-order valence-corrected chi connectivity index (χ0v) is 12.1. The van der Waals surface area contributed by atoms with Crippen molar-refractivity contribution in [2.24, 2.45) is 0 Å². The second kappa shape index (κ2) is 6.28. The number of benzene rings is 1. The summed E-state index contributed by atoms with van der Waals surface area (Å²) in [5.41, 5.74) is 3.46. The second-order valence-electron chi connectivity index (χ2n) is 5.52. The van der Waals surface area contributed by atoms with Gasteiger partial charge in [-0.2, -0.15) is 0 Å². The number of hydrogen-bond acceptors (Lipinski definition) is 2.